The summed E-state index contributed by atoms with van der Waals surface area (Å²) in [7, 11) is 1.88. The Kier molecular flexibility index (Phi) is 9.42. The molecule has 3 aliphatic heterocycles. The summed E-state index contributed by atoms with van der Waals surface area (Å²) in [5, 5.41) is 3.56. The van der Waals surface area contributed by atoms with Crippen LogP contribution in [-0.4, -0.2) is 98.8 Å². The molecule has 0 bridgehead atoms. The predicted molar refractivity (Wildman–Crippen MR) is 135 cm³/mol. The highest BCUT2D eigenvalue weighted by Gasteiger charge is 2.32. The normalized spacial score (nSPS) is 25.9. The Bertz CT molecular complexity index is 690. The Morgan fingerprint density at radius 2 is 1.97 bits per heavy atom. The van der Waals surface area contributed by atoms with E-state index in [-0.39, 0.29) is 30.1 Å². The quantitative estimate of drug-likeness (QED) is 0.364. The number of nitrogens with zero attached hydrogens (tertiary/aromatic N) is 4. The average Bonchev–Trinajstić information content (AvgIpc) is 3.24. The third-order valence-electron chi connectivity index (χ3n) is 6.31. The Balaban J connectivity index is 0.00000256. The Morgan fingerprint density at radius 3 is 2.73 bits per heavy atom. The van der Waals surface area contributed by atoms with E-state index in [1.54, 1.807) is 0 Å². The summed E-state index contributed by atoms with van der Waals surface area (Å²) in [5.41, 5.74) is 1.26. The summed E-state index contributed by atoms with van der Waals surface area (Å²) < 4.78 is 6.08. The molecule has 3 aliphatic rings. The van der Waals surface area contributed by atoms with Crippen molar-refractivity contribution < 1.29 is 4.74 Å². The number of benzene rings is 1. The summed E-state index contributed by atoms with van der Waals surface area (Å²) in [4.78, 5) is 12.0. The third-order valence-corrected chi connectivity index (χ3v) is 6.31. The third kappa shape index (κ3) is 6.42. The lowest BCUT2D eigenvalue weighted by molar-refractivity contribution is -0.0455. The molecule has 0 radical (unpaired) electrons. The molecular formula is C23H36IN5O. The van der Waals surface area contributed by atoms with Gasteiger partial charge in [0.2, 0.25) is 0 Å². The van der Waals surface area contributed by atoms with Gasteiger partial charge in [0.1, 0.15) is 0 Å². The number of guanidine groups is 1. The first-order chi connectivity index (χ1) is 14.3. The van der Waals surface area contributed by atoms with Crippen LogP contribution in [0.4, 0.5) is 0 Å². The Morgan fingerprint density at radius 1 is 1.17 bits per heavy atom. The zero-order valence-corrected chi connectivity index (χ0v) is 20.4. The lowest BCUT2D eigenvalue weighted by atomic mass is 10.2. The van der Waals surface area contributed by atoms with Crippen molar-refractivity contribution in [3.05, 3.63) is 42.0 Å². The lowest BCUT2D eigenvalue weighted by Gasteiger charge is -2.38. The molecule has 1 aromatic carbocycles. The predicted octanol–water partition coefficient (Wildman–Crippen LogP) is 2.37. The molecule has 7 heteroatoms. The lowest BCUT2D eigenvalue weighted by Crippen LogP contribution is -2.55. The van der Waals surface area contributed by atoms with Crippen LogP contribution in [-0.2, 0) is 4.74 Å². The van der Waals surface area contributed by atoms with Crippen LogP contribution in [0.25, 0.3) is 6.08 Å². The molecule has 1 aromatic rings. The summed E-state index contributed by atoms with van der Waals surface area (Å²) in [6.07, 6.45) is 7.37. The van der Waals surface area contributed by atoms with E-state index in [0.717, 1.165) is 58.4 Å². The molecule has 3 heterocycles. The molecule has 2 unspecified atom stereocenters. The first-order valence-corrected chi connectivity index (χ1v) is 11.1. The Hall–Kier alpha value is -1.16. The standard InChI is InChI=1S/C23H35N5O.HI/c1-24-23(25-17-22-18-28-12-6-10-21(28)19-29-22)27-15-13-26(14-16-27)11-5-9-20-7-3-2-4-8-20;/h2-5,7-9,21-22H,6,10-19H2,1H3,(H,24,25);1H. The molecule has 0 spiro atoms. The highest BCUT2D eigenvalue weighted by Crippen LogP contribution is 2.22. The maximum atomic E-state index is 6.08. The van der Waals surface area contributed by atoms with E-state index in [2.05, 4.69) is 67.5 Å². The number of rotatable bonds is 5. The van der Waals surface area contributed by atoms with Crippen molar-refractivity contribution in [1.29, 1.82) is 0 Å². The molecular weight excluding hydrogens is 489 g/mol. The first kappa shape index (κ1) is 23.5. The maximum Gasteiger partial charge on any atom is 0.193 e. The van der Waals surface area contributed by atoms with E-state index in [0.29, 0.717) is 6.04 Å². The molecule has 1 N–H and O–H groups in total. The summed E-state index contributed by atoms with van der Waals surface area (Å²) in [6.45, 7) is 9.18. The number of nitrogens with one attached hydrogen (secondary N) is 1. The minimum atomic E-state index is 0. The number of aliphatic imine (C=N–C) groups is 1. The highest BCUT2D eigenvalue weighted by molar-refractivity contribution is 14.0. The minimum Gasteiger partial charge on any atom is -0.373 e. The van der Waals surface area contributed by atoms with E-state index >= 15 is 0 Å². The van der Waals surface area contributed by atoms with Crippen LogP contribution < -0.4 is 5.32 Å². The first-order valence-electron chi connectivity index (χ1n) is 11.1. The van der Waals surface area contributed by atoms with Crippen LogP contribution in [0.15, 0.2) is 41.4 Å². The van der Waals surface area contributed by atoms with Crippen LogP contribution >= 0.6 is 24.0 Å². The van der Waals surface area contributed by atoms with E-state index in [4.69, 9.17) is 4.74 Å². The van der Waals surface area contributed by atoms with Crippen molar-refractivity contribution >= 4 is 36.0 Å². The van der Waals surface area contributed by atoms with Crippen LogP contribution in [0.3, 0.4) is 0 Å². The number of fused-ring (bicyclic) bond motifs is 1. The topological polar surface area (TPSA) is 43.3 Å². The number of hydrogen-bond donors (Lipinski definition) is 1. The van der Waals surface area contributed by atoms with Crippen LogP contribution in [0, 0.1) is 0 Å². The molecule has 2 atom stereocenters. The van der Waals surface area contributed by atoms with E-state index in [9.17, 15) is 0 Å². The fraction of sp³-hybridized carbons (Fsp3) is 0.609. The van der Waals surface area contributed by atoms with E-state index in [1.165, 1.54) is 24.9 Å². The number of piperazine rings is 1. The van der Waals surface area contributed by atoms with Crippen molar-refractivity contribution in [1.82, 2.24) is 20.0 Å². The molecule has 3 fully saturated rings. The summed E-state index contributed by atoms with van der Waals surface area (Å²) in [5.74, 6) is 1.01. The number of halogens is 1. The van der Waals surface area contributed by atoms with Gasteiger partial charge < -0.3 is 15.0 Å². The minimum absolute atomic E-state index is 0. The SMILES string of the molecule is CN=C(NCC1CN2CCCC2CO1)N1CCN(CC=Cc2ccccc2)CC1.I. The molecule has 4 rings (SSSR count). The van der Waals surface area contributed by atoms with Gasteiger partial charge in [-0.3, -0.25) is 14.8 Å². The van der Waals surface area contributed by atoms with E-state index in [1.807, 2.05) is 7.05 Å². The summed E-state index contributed by atoms with van der Waals surface area (Å²) >= 11 is 0. The molecule has 0 aromatic heterocycles. The average molecular weight is 525 g/mol. The molecule has 0 amide bonds. The van der Waals surface area contributed by atoms with Gasteiger partial charge in [-0.2, -0.15) is 0 Å². The monoisotopic (exact) mass is 525 g/mol. The molecule has 6 nitrogen and oxygen atoms in total. The molecule has 0 aliphatic carbocycles. The van der Waals surface area contributed by atoms with Gasteiger partial charge in [-0.25, -0.2) is 0 Å². The van der Waals surface area contributed by atoms with Crippen molar-refractivity contribution in [3.63, 3.8) is 0 Å². The van der Waals surface area contributed by atoms with Gasteiger partial charge in [-0.1, -0.05) is 42.5 Å². The molecule has 3 saturated heterocycles. The van der Waals surface area contributed by atoms with Gasteiger partial charge in [0.25, 0.3) is 0 Å². The number of hydrogen-bond acceptors (Lipinski definition) is 4. The summed E-state index contributed by atoms with van der Waals surface area (Å²) in [6, 6.07) is 11.2. The zero-order valence-electron chi connectivity index (χ0n) is 18.1. The van der Waals surface area contributed by atoms with Crippen molar-refractivity contribution in [2.24, 2.45) is 4.99 Å². The van der Waals surface area contributed by atoms with Gasteiger partial charge in [0.15, 0.2) is 5.96 Å². The highest BCUT2D eigenvalue weighted by atomic mass is 127. The van der Waals surface area contributed by atoms with Gasteiger partial charge in [0.05, 0.1) is 12.7 Å². The van der Waals surface area contributed by atoms with Crippen molar-refractivity contribution in [2.75, 3.05) is 66.0 Å². The molecule has 30 heavy (non-hydrogen) atoms. The maximum absolute atomic E-state index is 6.08. The number of ether oxygens (including phenoxy) is 1. The van der Waals surface area contributed by atoms with Crippen molar-refractivity contribution in [3.8, 4) is 0 Å². The fourth-order valence-electron chi connectivity index (χ4n) is 4.59. The van der Waals surface area contributed by atoms with Crippen LogP contribution in [0.1, 0.15) is 18.4 Å². The largest absolute Gasteiger partial charge is 0.373 e. The smallest absolute Gasteiger partial charge is 0.193 e. The second-order valence-electron chi connectivity index (χ2n) is 8.28. The fourth-order valence-corrected chi connectivity index (χ4v) is 4.59. The van der Waals surface area contributed by atoms with Gasteiger partial charge >= 0.3 is 0 Å². The molecule has 0 saturated carbocycles. The second kappa shape index (κ2) is 12.0. The van der Waals surface area contributed by atoms with Crippen LogP contribution in [0.2, 0.25) is 0 Å². The van der Waals surface area contributed by atoms with Gasteiger partial charge in [-0.05, 0) is 24.9 Å². The van der Waals surface area contributed by atoms with Crippen molar-refractivity contribution in [2.45, 2.75) is 25.0 Å². The van der Waals surface area contributed by atoms with Gasteiger partial charge in [-0.15, -0.1) is 24.0 Å². The molecule has 166 valence electrons. The second-order valence-corrected chi connectivity index (χ2v) is 8.28. The Labute approximate surface area is 198 Å². The zero-order chi connectivity index (χ0) is 19.9. The van der Waals surface area contributed by atoms with Crippen LogP contribution in [0.5, 0.6) is 0 Å². The number of morpholine rings is 1. The van der Waals surface area contributed by atoms with Gasteiger partial charge in [0, 0.05) is 58.9 Å². The van der Waals surface area contributed by atoms with E-state index < -0.39 is 0 Å².